The van der Waals surface area contributed by atoms with Gasteiger partial charge in [0.25, 0.3) is 5.56 Å². The van der Waals surface area contributed by atoms with Gasteiger partial charge >= 0.3 is 0 Å². The third kappa shape index (κ3) is 5.47. The van der Waals surface area contributed by atoms with Crippen molar-refractivity contribution < 1.29 is 9.53 Å². The van der Waals surface area contributed by atoms with Gasteiger partial charge in [-0.25, -0.2) is 4.98 Å². The van der Waals surface area contributed by atoms with Crippen molar-refractivity contribution in [1.82, 2.24) is 24.3 Å². The molecule has 3 aromatic rings. The first-order valence-corrected chi connectivity index (χ1v) is 14.2. The van der Waals surface area contributed by atoms with Crippen LogP contribution in [-0.2, 0) is 15.1 Å². The van der Waals surface area contributed by atoms with Crippen molar-refractivity contribution in [3.05, 3.63) is 76.2 Å². The number of nitrogens with one attached hydrogen (secondary N) is 1. The lowest BCUT2D eigenvalue weighted by atomic mass is 9.80. The fraction of sp³-hybridized carbons (Fsp3) is 0.452. The average molecular weight is 556 g/mol. The minimum atomic E-state index is -0.166. The Labute approximate surface area is 240 Å². The Kier molecular flexibility index (Phi) is 8.20. The van der Waals surface area contributed by atoms with Gasteiger partial charge in [0.2, 0.25) is 11.9 Å². The number of fused-ring (bicyclic) bond motifs is 1. The molecule has 1 N–H and O–H groups in total. The molecule has 1 atom stereocenters. The molecule has 2 fully saturated rings. The van der Waals surface area contributed by atoms with Crippen LogP contribution < -0.4 is 10.9 Å². The Morgan fingerprint density at radius 2 is 1.76 bits per heavy atom. The van der Waals surface area contributed by atoms with Gasteiger partial charge in [0, 0.05) is 51.5 Å². The van der Waals surface area contributed by atoms with Crippen LogP contribution in [0.3, 0.4) is 0 Å². The summed E-state index contributed by atoms with van der Waals surface area (Å²) < 4.78 is 7.34. The highest BCUT2D eigenvalue weighted by Gasteiger charge is 2.41. The fourth-order valence-corrected chi connectivity index (χ4v) is 6.12. The zero-order valence-corrected chi connectivity index (χ0v) is 24.0. The molecule has 0 unspecified atom stereocenters. The smallest absolute Gasteiger partial charge is 0.252 e. The zero-order chi connectivity index (χ0) is 29.1. The Balaban J connectivity index is 1.39. The number of aromatic nitrogens is 3. The van der Waals surface area contributed by atoms with E-state index < -0.39 is 0 Å². The van der Waals surface area contributed by atoms with Crippen LogP contribution in [0.1, 0.15) is 62.5 Å². The van der Waals surface area contributed by atoms with Crippen LogP contribution >= 0.6 is 0 Å². The number of nitrogens with zero attached hydrogens (tertiary/aromatic N) is 6. The summed E-state index contributed by atoms with van der Waals surface area (Å²) in [5, 5.41) is 13.7. The van der Waals surface area contributed by atoms with Crippen LogP contribution in [0.5, 0.6) is 0 Å². The van der Waals surface area contributed by atoms with E-state index in [9.17, 15) is 14.9 Å². The number of amides is 1. The third-order valence-corrected chi connectivity index (χ3v) is 8.39. The average Bonchev–Trinajstić information content (AvgIpc) is 3.00. The molecule has 10 heteroatoms. The number of pyridine rings is 1. The van der Waals surface area contributed by atoms with Crippen molar-refractivity contribution in [2.24, 2.45) is 0 Å². The van der Waals surface area contributed by atoms with Crippen LogP contribution in [0.25, 0.3) is 11.0 Å². The summed E-state index contributed by atoms with van der Waals surface area (Å²) in [5.74, 6) is 0.291. The molecular formula is C31H37N7O3. The van der Waals surface area contributed by atoms with Crippen LogP contribution in [-0.4, -0.2) is 69.6 Å². The molecule has 41 heavy (non-hydrogen) atoms. The molecule has 2 aromatic heterocycles. The van der Waals surface area contributed by atoms with Crippen molar-refractivity contribution in [2.75, 3.05) is 44.7 Å². The molecule has 5 rings (SSSR count). The summed E-state index contributed by atoms with van der Waals surface area (Å²) in [5.41, 5.74) is 2.66. The third-order valence-electron chi connectivity index (χ3n) is 8.39. The molecule has 2 aliphatic rings. The van der Waals surface area contributed by atoms with E-state index in [-0.39, 0.29) is 34.8 Å². The second-order valence-electron chi connectivity index (χ2n) is 11.0. The SMILES string of the molecule is C=CC(=O)N1CCN(C2(c3ccc([C@H](C)Nc4nc(C#N)c5ccc(=O)n(C(C)C)c5n4)cc3)CCOCC2)CC1. The van der Waals surface area contributed by atoms with Gasteiger partial charge in [0.15, 0.2) is 5.69 Å². The van der Waals surface area contributed by atoms with E-state index in [1.165, 1.54) is 17.7 Å². The highest BCUT2D eigenvalue weighted by molar-refractivity contribution is 5.87. The maximum Gasteiger partial charge on any atom is 0.252 e. The van der Waals surface area contributed by atoms with E-state index in [0.717, 1.165) is 31.5 Å². The fourth-order valence-electron chi connectivity index (χ4n) is 6.12. The van der Waals surface area contributed by atoms with Crippen LogP contribution in [0.4, 0.5) is 5.95 Å². The largest absolute Gasteiger partial charge is 0.381 e. The number of piperazine rings is 1. The standard InChI is InChI=1S/C31H37N7O3/c1-5-27(39)36-14-16-37(17-15-36)31(12-18-41-19-13-31)24-8-6-23(7-9-24)22(4)33-30-34-26(20-32)25-10-11-28(40)38(21(2)3)29(25)35-30/h5-11,21-22H,1,12-19H2,2-4H3,(H,33,34,35)/t22-/m0/s1. The summed E-state index contributed by atoms with van der Waals surface area (Å²) >= 11 is 0. The lowest BCUT2D eigenvalue weighted by Crippen LogP contribution is -2.58. The van der Waals surface area contributed by atoms with Crippen LogP contribution in [0.15, 0.2) is 53.8 Å². The van der Waals surface area contributed by atoms with Crippen molar-refractivity contribution in [3.63, 3.8) is 0 Å². The molecular weight excluding hydrogens is 518 g/mol. The number of rotatable bonds is 7. The summed E-state index contributed by atoms with van der Waals surface area (Å²) in [6.45, 7) is 13.9. The number of carbonyl (C=O) groups excluding carboxylic acids is 1. The molecule has 10 nitrogen and oxygen atoms in total. The molecule has 2 saturated heterocycles. The molecule has 0 spiro atoms. The van der Waals surface area contributed by atoms with Gasteiger partial charge in [0.1, 0.15) is 11.7 Å². The van der Waals surface area contributed by atoms with E-state index in [0.29, 0.717) is 43.3 Å². The van der Waals surface area contributed by atoms with Gasteiger partial charge in [-0.2, -0.15) is 10.2 Å². The van der Waals surface area contributed by atoms with Gasteiger partial charge < -0.3 is 15.0 Å². The lowest BCUT2D eigenvalue weighted by molar-refractivity contribution is -0.130. The highest BCUT2D eigenvalue weighted by Crippen LogP contribution is 2.39. The van der Waals surface area contributed by atoms with E-state index in [1.807, 2.05) is 25.7 Å². The molecule has 0 saturated carbocycles. The molecule has 1 aromatic carbocycles. The summed E-state index contributed by atoms with van der Waals surface area (Å²) in [6.07, 6.45) is 3.19. The predicted molar refractivity (Wildman–Crippen MR) is 157 cm³/mol. The van der Waals surface area contributed by atoms with Crippen molar-refractivity contribution >= 4 is 22.9 Å². The second kappa shape index (κ2) is 11.8. The summed E-state index contributed by atoms with van der Waals surface area (Å²) in [7, 11) is 0. The molecule has 0 bridgehead atoms. The number of nitriles is 1. The predicted octanol–water partition coefficient (Wildman–Crippen LogP) is 3.75. The summed E-state index contributed by atoms with van der Waals surface area (Å²) in [4.78, 5) is 38.2. The number of anilines is 1. The van der Waals surface area contributed by atoms with E-state index in [1.54, 1.807) is 10.6 Å². The van der Waals surface area contributed by atoms with Gasteiger partial charge in [0.05, 0.1) is 17.0 Å². The monoisotopic (exact) mass is 555 g/mol. The van der Waals surface area contributed by atoms with Crippen molar-refractivity contribution in [3.8, 4) is 6.07 Å². The van der Waals surface area contributed by atoms with Crippen LogP contribution in [0, 0.1) is 11.3 Å². The van der Waals surface area contributed by atoms with Gasteiger partial charge in [-0.1, -0.05) is 30.8 Å². The van der Waals surface area contributed by atoms with E-state index in [2.05, 4.69) is 57.1 Å². The van der Waals surface area contributed by atoms with Gasteiger partial charge in [-0.3, -0.25) is 19.1 Å². The Hall–Kier alpha value is -4.07. The molecule has 214 valence electrons. The minimum absolute atomic E-state index is 0.0127. The number of ether oxygens (including phenoxy) is 1. The topological polar surface area (TPSA) is 116 Å². The van der Waals surface area contributed by atoms with Gasteiger partial charge in [-0.05, 0) is 56.9 Å². The van der Waals surface area contributed by atoms with Gasteiger partial charge in [-0.15, -0.1) is 0 Å². The first-order valence-electron chi connectivity index (χ1n) is 14.2. The molecule has 2 aliphatic heterocycles. The summed E-state index contributed by atoms with van der Waals surface area (Å²) in [6, 6.07) is 13.6. The first-order chi connectivity index (χ1) is 19.8. The highest BCUT2D eigenvalue weighted by atomic mass is 16.5. The molecule has 0 radical (unpaired) electrons. The second-order valence-corrected chi connectivity index (χ2v) is 11.0. The first kappa shape index (κ1) is 28.5. The molecule has 1 amide bonds. The molecule has 0 aliphatic carbocycles. The number of benzene rings is 1. The zero-order valence-electron chi connectivity index (χ0n) is 24.0. The Morgan fingerprint density at radius 1 is 1.07 bits per heavy atom. The number of carbonyl (C=O) groups is 1. The van der Waals surface area contributed by atoms with E-state index in [4.69, 9.17) is 4.74 Å². The maximum atomic E-state index is 12.6. The van der Waals surface area contributed by atoms with Crippen molar-refractivity contribution in [1.29, 1.82) is 5.26 Å². The molecule has 4 heterocycles. The maximum absolute atomic E-state index is 12.6. The van der Waals surface area contributed by atoms with Crippen LogP contribution in [0.2, 0.25) is 0 Å². The normalized spacial score (nSPS) is 18.2. The van der Waals surface area contributed by atoms with Crippen molar-refractivity contribution in [2.45, 2.75) is 51.2 Å². The number of hydrogen-bond acceptors (Lipinski definition) is 8. The number of hydrogen-bond donors (Lipinski definition) is 1. The minimum Gasteiger partial charge on any atom is -0.381 e. The Bertz CT molecular complexity index is 1530. The Morgan fingerprint density at radius 3 is 2.37 bits per heavy atom. The van der Waals surface area contributed by atoms with E-state index >= 15 is 0 Å². The quantitative estimate of drug-likeness (QED) is 0.438. The lowest BCUT2D eigenvalue weighted by Gasteiger charge is -2.50.